The van der Waals surface area contributed by atoms with Crippen molar-refractivity contribution in [2.24, 2.45) is 0 Å². The minimum absolute atomic E-state index is 0. The topological polar surface area (TPSA) is 58.4 Å². The molecular formula is C45H70F4N4O2S. The molecule has 2 heterocycles. The molecule has 6 nitrogen and oxygen atoms in total. The van der Waals surface area contributed by atoms with Gasteiger partial charge in [-0.05, 0) is 85.2 Å². The lowest BCUT2D eigenvalue weighted by atomic mass is 10.00. The number of carbonyl (C=O) groups is 1. The summed E-state index contributed by atoms with van der Waals surface area (Å²) in [5.41, 5.74) is 3.89. The molecule has 1 aliphatic heterocycles. The van der Waals surface area contributed by atoms with Gasteiger partial charge in [0, 0.05) is 42.7 Å². The Morgan fingerprint density at radius 3 is 1.88 bits per heavy atom. The predicted molar refractivity (Wildman–Crippen MR) is 233 cm³/mol. The van der Waals surface area contributed by atoms with Crippen molar-refractivity contribution in [3.63, 3.8) is 0 Å². The molecule has 0 N–H and O–H groups in total. The van der Waals surface area contributed by atoms with Gasteiger partial charge < -0.3 is 14.4 Å². The molecule has 316 valence electrons. The molecule has 0 atom stereocenters. The molecule has 1 saturated heterocycles. The number of rotatable bonds is 10. The second-order valence-electron chi connectivity index (χ2n) is 12.4. The van der Waals surface area contributed by atoms with Gasteiger partial charge in [-0.15, -0.1) is 0 Å². The Morgan fingerprint density at radius 2 is 1.34 bits per heavy atom. The number of fused-ring (bicyclic) bond motifs is 1. The molecule has 1 amide bonds. The van der Waals surface area contributed by atoms with E-state index in [1.165, 1.54) is 36.0 Å². The smallest absolute Gasteiger partial charge is 0.334 e. The van der Waals surface area contributed by atoms with Crippen LogP contribution in [0.1, 0.15) is 114 Å². The second-order valence-corrected chi connectivity index (χ2v) is 13.4. The van der Waals surface area contributed by atoms with E-state index in [4.69, 9.17) is 0 Å². The summed E-state index contributed by atoms with van der Waals surface area (Å²) in [4.78, 5) is 36.1. The van der Waals surface area contributed by atoms with Crippen molar-refractivity contribution in [3.05, 3.63) is 117 Å². The third kappa shape index (κ3) is 13.3. The van der Waals surface area contributed by atoms with E-state index in [0.717, 1.165) is 73.4 Å². The van der Waals surface area contributed by atoms with E-state index in [1.807, 2.05) is 33.7 Å². The van der Waals surface area contributed by atoms with Crippen molar-refractivity contribution in [2.75, 3.05) is 19.6 Å². The van der Waals surface area contributed by atoms with Gasteiger partial charge in [0.05, 0.1) is 5.56 Å². The first-order valence-electron chi connectivity index (χ1n) is 16.4. The van der Waals surface area contributed by atoms with Crippen LogP contribution in [-0.2, 0) is 42.7 Å². The highest BCUT2D eigenvalue weighted by Gasteiger charge is 2.31. The van der Waals surface area contributed by atoms with E-state index in [2.05, 4.69) is 16.8 Å². The van der Waals surface area contributed by atoms with Gasteiger partial charge in [0.1, 0.15) is 12.4 Å². The van der Waals surface area contributed by atoms with Crippen LogP contribution in [0.25, 0.3) is 11.1 Å². The first-order chi connectivity index (χ1) is 23.1. The highest BCUT2D eigenvalue weighted by atomic mass is 32.2. The Kier molecular flexibility index (Phi) is 24.8. The molecule has 1 aromatic heterocycles. The van der Waals surface area contributed by atoms with Crippen molar-refractivity contribution in [1.82, 2.24) is 19.4 Å². The lowest BCUT2D eigenvalue weighted by molar-refractivity contribution is -0.138. The van der Waals surface area contributed by atoms with Crippen molar-refractivity contribution in [3.8, 4) is 11.1 Å². The predicted octanol–water partition coefficient (Wildman–Crippen LogP) is 12.5. The van der Waals surface area contributed by atoms with Crippen LogP contribution in [0.15, 0.2) is 82.7 Å². The maximum Gasteiger partial charge on any atom is 0.416 e. The van der Waals surface area contributed by atoms with E-state index in [9.17, 15) is 27.2 Å². The zero-order valence-corrected chi connectivity index (χ0v) is 27.6. The summed E-state index contributed by atoms with van der Waals surface area (Å²) >= 11 is 1.37. The van der Waals surface area contributed by atoms with Crippen molar-refractivity contribution < 1.29 is 22.4 Å². The number of halogens is 4. The molecule has 0 radical (unpaired) electrons. The Morgan fingerprint density at radius 1 is 0.804 bits per heavy atom. The number of aromatic nitrogens is 2. The Balaban J connectivity index is -0.00000351. The van der Waals surface area contributed by atoms with Crippen LogP contribution in [0.5, 0.6) is 0 Å². The summed E-state index contributed by atoms with van der Waals surface area (Å²) in [7, 11) is 0. The number of hydrogen-bond donors (Lipinski definition) is 0. The van der Waals surface area contributed by atoms with Crippen molar-refractivity contribution in [1.29, 1.82) is 0 Å². The summed E-state index contributed by atoms with van der Waals surface area (Å²) in [5, 5.41) is 0.486. The molecule has 2 aliphatic rings. The molecule has 0 saturated carbocycles. The summed E-state index contributed by atoms with van der Waals surface area (Å²) in [6.07, 6.45) is -0.532. The molecule has 1 fully saturated rings. The van der Waals surface area contributed by atoms with Gasteiger partial charge >= 0.3 is 6.18 Å². The van der Waals surface area contributed by atoms with E-state index >= 15 is 0 Å². The number of nitrogens with zero attached hydrogens (tertiary/aromatic N) is 4. The molecule has 0 bridgehead atoms. The SMILES string of the molecule is C.C.C.C.C.C.C.C.CCN1CCC(N(Cc2ccc(-c3ccc(C(F)(F)F)cc3)cc2)C(=O)Cn2c(SCc3ccc(F)cc3)nc(=O)c3c2CCC3)CC1. The molecule has 3 aromatic carbocycles. The average Bonchev–Trinajstić information content (AvgIpc) is 3.59. The van der Waals surface area contributed by atoms with E-state index in [0.29, 0.717) is 41.4 Å². The van der Waals surface area contributed by atoms with Gasteiger partial charge in [-0.2, -0.15) is 18.2 Å². The van der Waals surface area contributed by atoms with Crippen molar-refractivity contribution in [2.45, 2.75) is 135 Å². The van der Waals surface area contributed by atoms with Gasteiger partial charge in [0.15, 0.2) is 5.16 Å². The number of amides is 1. The fourth-order valence-electron chi connectivity index (χ4n) is 6.63. The zero-order valence-electron chi connectivity index (χ0n) is 26.8. The van der Waals surface area contributed by atoms with Crippen LogP contribution in [-0.4, -0.2) is 50.9 Å². The number of benzene rings is 3. The second kappa shape index (κ2) is 24.6. The Labute approximate surface area is 340 Å². The van der Waals surface area contributed by atoms with Gasteiger partial charge in [-0.3, -0.25) is 9.59 Å². The summed E-state index contributed by atoms with van der Waals surface area (Å²) in [5.74, 6) is 0.102. The third-order valence-corrected chi connectivity index (χ3v) is 10.4. The van der Waals surface area contributed by atoms with E-state index in [-0.39, 0.29) is 89.3 Å². The Bertz CT molecular complexity index is 1790. The van der Waals surface area contributed by atoms with Crippen LogP contribution >= 0.6 is 11.8 Å². The molecule has 4 aromatic rings. The number of carbonyl (C=O) groups excluding carboxylic acids is 1. The van der Waals surface area contributed by atoms with Crippen LogP contribution in [0.2, 0.25) is 0 Å². The minimum Gasteiger partial charge on any atom is -0.334 e. The van der Waals surface area contributed by atoms with Gasteiger partial charge in [0.2, 0.25) is 5.91 Å². The molecular weight excluding hydrogens is 737 g/mol. The quantitative estimate of drug-likeness (QED) is 0.0907. The molecule has 11 heteroatoms. The lowest BCUT2D eigenvalue weighted by Crippen LogP contribution is -2.48. The fraction of sp³-hybridized carbons (Fsp3) is 0.489. The van der Waals surface area contributed by atoms with Crippen LogP contribution in [0, 0.1) is 5.82 Å². The largest absolute Gasteiger partial charge is 0.416 e. The summed E-state index contributed by atoms with van der Waals surface area (Å²) in [6.45, 7) is 5.32. The first kappa shape index (κ1) is 56.4. The maximum absolute atomic E-state index is 14.4. The van der Waals surface area contributed by atoms with Gasteiger partial charge in [-0.25, -0.2) is 4.39 Å². The van der Waals surface area contributed by atoms with E-state index < -0.39 is 11.7 Å². The maximum atomic E-state index is 14.4. The van der Waals surface area contributed by atoms with Crippen LogP contribution < -0.4 is 5.56 Å². The highest BCUT2D eigenvalue weighted by molar-refractivity contribution is 7.98. The normalized spacial score (nSPS) is 13.2. The number of hydrogen-bond acceptors (Lipinski definition) is 5. The number of piperidine rings is 1. The standard InChI is InChI=1S/C37H38F4N4O2S.8CH4/c1-2-43-20-18-31(19-21-43)44(22-25-6-10-27(11-7-25)28-12-14-29(15-13-28)37(39,40)41)34(46)23-45-33-5-3-4-32(33)35(47)42-36(45)48-24-26-8-16-30(38)17-9-26;;;;;;;;/h6-17,31H,2-5,18-24H2,1H3;8*1H4. The monoisotopic (exact) mass is 807 g/mol. The third-order valence-electron chi connectivity index (χ3n) is 9.39. The van der Waals surface area contributed by atoms with Gasteiger partial charge in [-0.1, -0.05) is 127 Å². The number of thioether (sulfide) groups is 1. The van der Waals surface area contributed by atoms with E-state index in [1.54, 1.807) is 12.1 Å². The molecule has 1 aliphatic carbocycles. The number of likely N-dealkylation sites (tertiary alicyclic amines) is 1. The summed E-state index contributed by atoms with van der Waals surface area (Å²) < 4.78 is 54.6. The van der Waals surface area contributed by atoms with Crippen LogP contribution in [0.4, 0.5) is 17.6 Å². The van der Waals surface area contributed by atoms with Crippen molar-refractivity contribution >= 4 is 17.7 Å². The molecule has 6 rings (SSSR count). The highest BCUT2D eigenvalue weighted by Crippen LogP contribution is 2.32. The average molecular weight is 807 g/mol. The lowest BCUT2D eigenvalue weighted by Gasteiger charge is -2.38. The zero-order chi connectivity index (χ0) is 33.8. The summed E-state index contributed by atoms with van der Waals surface area (Å²) in [6, 6.07) is 19.0. The van der Waals surface area contributed by atoms with Gasteiger partial charge in [0.25, 0.3) is 5.56 Å². The number of alkyl halides is 3. The molecule has 0 spiro atoms. The molecule has 0 unspecified atom stereocenters. The fourth-order valence-corrected chi connectivity index (χ4v) is 7.60. The van der Waals surface area contributed by atoms with Crippen LogP contribution in [0.3, 0.4) is 0 Å². The first-order valence-corrected chi connectivity index (χ1v) is 17.4. The minimum atomic E-state index is -4.39. The Hall–Kier alpha value is -3.96. The molecule has 56 heavy (non-hydrogen) atoms.